The van der Waals surface area contributed by atoms with E-state index in [0.29, 0.717) is 36.0 Å². The summed E-state index contributed by atoms with van der Waals surface area (Å²) in [5.41, 5.74) is 0.409. The number of carbonyl (C=O) groups is 1. The normalized spacial score (nSPS) is 15.4. The number of ether oxygens (including phenoxy) is 2. The molecule has 0 atom stereocenters. The van der Waals surface area contributed by atoms with E-state index >= 15 is 0 Å². The molecule has 0 aliphatic heterocycles. The molecule has 1 fully saturated rings. The Hall–Kier alpha value is -2.41. The van der Waals surface area contributed by atoms with Gasteiger partial charge in [0.2, 0.25) is 11.7 Å². The fraction of sp³-hybridized carbons (Fsp3) is 0.500. The lowest BCUT2D eigenvalue weighted by Gasteiger charge is -2.40. The van der Waals surface area contributed by atoms with E-state index in [4.69, 9.17) is 14.0 Å². The van der Waals surface area contributed by atoms with Gasteiger partial charge in [0, 0.05) is 25.6 Å². The van der Waals surface area contributed by atoms with Crippen molar-refractivity contribution in [3.63, 3.8) is 0 Å². The van der Waals surface area contributed by atoms with Crippen LogP contribution in [0, 0.1) is 0 Å². The SMILES string of the molecule is CCc1nc(COc2ccc(C(=O)NCC3(OC)CCC3)cc2)no1. The van der Waals surface area contributed by atoms with Gasteiger partial charge in [-0.1, -0.05) is 12.1 Å². The highest BCUT2D eigenvalue weighted by molar-refractivity contribution is 5.94. The number of benzene rings is 1. The van der Waals surface area contributed by atoms with Gasteiger partial charge in [-0.05, 0) is 43.5 Å². The second-order valence-corrected chi connectivity index (χ2v) is 6.19. The Kier molecular flexibility index (Phi) is 5.33. The number of carbonyl (C=O) groups excluding carboxylic acids is 1. The predicted octanol–water partition coefficient (Wildman–Crippen LogP) is 2.51. The van der Waals surface area contributed by atoms with Gasteiger partial charge in [0.15, 0.2) is 6.61 Å². The fourth-order valence-corrected chi connectivity index (χ4v) is 2.71. The van der Waals surface area contributed by atoms with Crippen molar-refractivity contribution in [3.05, 3.63) is 41.5 Å². The van der Waals surface area contributed by atoms with Crippen LogP contribution in [0.3, 0.4) is 0 Å². The zero-order chi connectivity index (χ0) is 17.7. The van der Waals surface area contributed by atoms with Gasteiger partial charge < -0.3 is 19.3 Å². The standard InChI is InChI=1S/C18H23N3O4/c1-3-16-20-15(21-25-16)11-24-14-7-5-13(6-8-14)17(22)19-12-18(23-2)9-4-10-18/h5-8H,3-4,9-12H2,1-2H3,(H,19,22). The third kappa shape index (κ3) is 4.17. The fourth-order valence-electron chi connectivity index (χ4n) is 2.71. The topological polar surface area (TPSA) is 86.5 Å². The number of aromatic nitrogens is 2. The first-order valence-electron chi connectivity index (χ1n) is 8.52. The van der Waals surface area contributed by atoms with E-state index in [1.165, 1.54) is 0 Å². The molecule has 2 aromatic rings. The van der Waals surface area contributed by atoms with E-state index in [-0.39, 0.29) is 18.1 Å². The number of amides is 1. The van der Waals surface area contributed by atoms with Crippen molar-refractivity contribution in [2.45, 2.75) is 44.8 Å². The Balaban J connectivity index is 1.50. The molecule has 0 spiro atoms. The minimum Gasteiger partial charge on any atom is -0.485 e. The molecule has 0 radical (unpaired) electrons. The van der Waals surface area contributed by atoms with Crippen molar-refractivity contribution in [1.82, 2.24) is 15.5 Å². The van der Waals surface area contributed by atoms with Gasteiger partial charge in [0.05, 0.1) is 5.60 Å². The van der Waals surface area contributed by atoms with Crippen molar-refractivity contribution >= 4 is 5.91 Å². The molecule has 25 heavy (non-hydrogen) atoms. The first-order valence-corrected chi connectivity index (χ1v) is 8.52. The first-order chi connectivity index (χ1) is 12.1. The highest BCUT2D eigenvalue weighted by Gasteiger charge is 2.37. The number of methoxy groups -OCH3 is 1. The van der Waals surface area contributed by atoms with E-state index in [2.05, 4.69) is 15.5 Å². The Bertz CT molecular complexity index is 702. The molecule has 0 unspecified atom stereocenters. The van der Waals surface area contributed by atoms with Gasteiger partial charge in [-0.2, -0.15) is 4.98 Å². The third-order valence-corrected chi connectivity index (χ3v) is 4.57. The van der Waals surface area contributed by atoms with Crippen LogP contribution in [0.5, 0.6) is 5.75 Å². The van der Waals surface area contributed by atoms with Crippen LogP contribution in [0.25, 0.3) is 0 Å². The summed E-state index contributed by atoms with van der Waals surface area (Å²) in [6.07, 6.45) is 3.83. The Morgan fingerprint density at radius 1 is 1.32 bits per heavy atom. The average Bonchev–Trinajstić information content (AvgIpc) is 3.08. The van der Waals surface area contributed by atoms with E-state index < -0.39 is 0 Å². The lowest BCUT2D eigenvalue weighted by Crippen LogP contribution is -2.49. The molecule has 3 rings (SSSR count). The van der Waals surface area contributed by atoms with Crippen LogP contribution in [-0.4, -0.2) is 35.3 Å². The Morgan fingerprint density at radius 3 is 2.64 bits per heavy atom. The molecule has 1 aliphatic carbocycles. The summed E-state index contributed by atoms with van der Waals surface area (Å²) in [7, 11) is 1.70. The van der Waals surface area contributed by atoms with E-state index in [0.717, 1.165) is 19.3 Å². The second kappa shape index (κ2) is 7.65. The van der Waals surface area contributed by atoms with Crippen LogP contribution < -0.4 is 10.1 Å². The molecule has 1 aliphatic rings. The highest BCUT2D eigenvalue weighted by atomic mass is 16.5. The second-order valence-electron chi connectivity index (χ2n) is 6.19. The number of hydrogen-bond donors (Lipinski definition) is 1. The third-order valence-electron chi connectivity index (χ3n) is 4.57. The van der Waals surface area contributed by atoms with Crippen molar-refractivity contribution in [2.75, 3.05) is 13.7 Å². The summed E-state index contributed by atoms with van der Waals surface area (Å²) >= 11 is 0. The zero-order valence-corrected chi connectivity index (χ0v) is 14.6. The number of hydrogen-bond acceptors (Lipinski definition) is 6. The molecular formula is C18H23N3O4. The smallest absolute Gasteiger partial charge is 0.251 e. The summed E-state index contributed by atoms with van der Waals surface area (Å²) in [5.74, 6) is 1.63. The number of nitrogens with zero attached hydrogens (tertiary/aromatic N) is 2. The Labute approximate surface area is 146 Å². The largest absolute Gasteiger partial charge is 0.485 e. The minimum absolute atomic E-state index is 0.111. The summed E-state index contributed by atoms with van der Waals surface area (Å²) in [5, 5.41) is 6.77. The minimum atomic E-state index is -0.180. The molecule has 0 bridgehead atoms. The van der Waals surface area contributed by atoms with Gasteiger partial charge in [-0.15, -0.1) is 0 Å². The zero-order valence-electron chi connectivity index (χ0n) is 14.6. The lowest BCUT2D eigenvalue weighted by atomic mass is 9.80. The molecule has 1 saturated carbocycles. The van der Waals surface area contributed by atoms with Crippen LogP contribution >= 0.6 is 0 Å². The molecule has 1 amide bonds. The maximum atomic E-state index is 12.2. The van der Waals surface area contributed by atoms with E-state index in [1.54, 1.807) is 31.4 Å². The molecule has 1 aromatic heterocycles. The molecule has 134 valence electrons. The number of aryl methyl sites for hydroxylation is 1. The Morgan fingerprint density at radius 2 is 2.08 bits per heavy atom. The highest BCUT2D eigenvalue weighted by Crippen LogP contribution is 2.34. The summed E-state index contributed by atoms with van der Waals surface area (Å²) in [4.78, 5) is 16.4. The van der Waals surface area contributed by atoms with Crippen LogP contribution in [0.15, 0.2) is 28.8 Å². The lowest BCUT2D eigenvalue weighted by molar-refractivity contribution is -0.0679. The summed E-state index contributed by atoms with van der Waals surface area (Å²) in [6.45, 7) is 2.71. The number of rotatable bonds is 8. The van der Waals surface area contributed by atoms with Crippen molar-refractivity contribution in [2.24, 2.45) is 0 Å². The van der Waals surface area contributed by atoms with E-state index in [9.17, 15) is 4.79 Å². The first kappa shape index (κ1) is 17.4. The van der Waals surface area contributed by atoms with Crippen LogP contribution in [0.2, 0.25) is 0 Å². The summed E-state index contributed by atoms with van der Waals surface area (Å²) in [6, 6.07) is 6.98. The molecule has 1 aromatic carbocycles. The monoisotopic (exact) mass is 345 g/mol. The van der Waals surface area contributed by atoms with Gasteiger partial charge in [-0.3, -0.25) is 4.79 Å². The molecular weight excluding hydrogens is 322 g/mol. The van der Waals surface area contributed by atoms with Gasteiger partial charge >= 0.3 is 0 Å². The summed E-state index contributed by atoms with van der Waals surface area (Å²) < 4.78 is 16.1. The van der Waals surface area contributed by atoms with E-state index in [1.807, 2.05) is 6.92 Å². The van der Waals surface area contributed by atoms with Gasteiger partial charge in [0.1, 0.15) is 5.75 Å². The van der Waals surface area contributed by atoms with Crippen molar-refractivity contribution < 1.29 is 18.8 Å². The van der Waals surface area contributed by atoms with Gasteiger partial charge in [0.25, 0.3) is 5.91 Å². The molecule has 1 N–H and O–H groups in total. The predicted molar refractivity (Wildman–Crippen MR) is 90.4 cm³/mol. The van der Waals surface area contributed by atoms with Crippen molar-refractivity contribution in [1.29, 1.82) is 0 Å². The maximum Gasteiger partial charge on any atom is 0.251 e. The molecule has 1 heterocycles. The molecule has 0 saturated heterocycles. The number of nitrogens with one attached hydrogen (secondary N) is 1. The van der Waals surface area contributed by atoms with Crippen LogP contribution in [0.4, 0.5) is 0 Å². The maximum absolute atomic E-state index is 12.2. The van der Waals surface area contributed by atoms with Crippen molar-refractivity contribution in [3.8, 4) is 5.75 Å². The van der Waals surface area contributed by atoms with Crippen LogP contribution in [-0.2, 0) is 17.8 Å². The average molecular weight is 345 g/mol. The molecule has 7 nitrogen and oxygen atoms in total. The van der Waals surface area contributed by atoms with Crippen LogP contribution in [0.1, 0.15) is 48.3 Å². The van der Waals surface area contributed by atoms with Gasteiger partial charge in [-0.25, -0.2) is 0 Å². The molecule has 7 heteroatoms. The quantitative estimate of drug-likeness (QED) is 0.791.